The van der Waals surface area contributed by atoms with Gasteiger partial charge < -0.3 is 20.5 Å². The van der Waals surface area contributed by atoms with Gasteiger partial charge in [0, 0.05) is 20.3 Å². The third kappa shape index (κ3) is 6.42. The summed E-state index contributed by atoms with van der Waals surface area (Å²) in [6.07, 6.45) is 5.73. The second kappa shape index (κ2) is 8.74. The van der Waals surface area contributed by atoms with Crippen molar-refractivity contribution in [1.29, 1.82) is 0 Å². The zero-order chi connectivity index (χ0) is 14.1. The molecule has 0 heterocycles. The first-order valence-corrected chi connectivity index (χ1v) is 6.89. The Hall–Kier alpha value is -1.30. The average molecular weight is 272 g/mol. The number of hydrogen-bond donors (Lipinski definition) is 3. The zero-order valence-electron chi connectivity index (χ0n) is 11.5. The lowest BCUT2D eigenvalue weighted by Crippen LogP contribution is -2.47. The van der Waals surface area contributed by atoms with Crippen molar-refractivity contribution in [1.82, 2.24) is 10.6 Å². The first-order chi connectivity index (χ1) is 9.13. The molecule has 0 radical (unpaired) electrons. The molecule has 6 nitrogen and oxygen atoms in total. The number of carbonyl (C=O) groups is 2. The van der Waals surface area contributed by atoms with Crippen LogP contribution in [0.15, 0.2) is 0 Å². The smallest absolute Gasteiger partial charge is 0.326 e. The van der Waals surface area contributed by atoms with Crippen molar-refractivity contribution >= 4 is 12.0 Å². The van der Waals surface area contributed by atoms with E-state index in [4.69, 9.17) is 9.84 Å². The Labute approximate surface area is 113 Å². The quantitative estimate of drug-likeness (QED) is 0.582. The van der Waals surface area contributed by atoms with Gasteiger partial charge in [-0.2, -0.15) is 0 Å². The molecule has 0 aliphatic heterocycles. The predicted molar refractivity (Wildman–Crippen MR) is 71.0 cm³/mol. The van der Waals surface area contributed by atoms with E-state index in [2.05, 4.69) is 10.6 Å². The number of ether oxygens (including phenoxy) is 1. The minimum Gasteiger partial charge on any atom is -0.480 e. The number of amides is 2. The minimum atomic E-state index is -1.01. The van der Waals surface area contributed by atoms with Crippen LogP contribution in [0.5, 0.6) is 0 Å². The second-order valence-electron chi connectivity index (χ2n) is 5.03. The van der Waals surface area contributed by atoms with Crippen LogP contribution in [0.1, 0.15) is 38.5 Å². The van der Waals surface area contributed by atoms with Crippen LogP contribution in [-0.2, 0) is 9.53 Å². The average Bonchev–Trinajstić information content (AvgIpc) is 2.88. The molecule has 110 valence electrons. The molecule has 0 aromatic carbocycles. The number of aliphatic carboxylic acids is 1. The van der Waals surface area contributed by atoms with Crippen LogP contribution >= 0.6 is 0 Å². The Morgan fingerprint density at radius 1 is 1.37 bits per heavy atom. The summed E-state index contributed by atoms with van der Waals surface area (Å²) in [5, 5.41) is 14.3. The van der Waals surface area contributed by atoms with Gasteiger partial charge in [-0.1, -0.05) is 12.8 Å². The Bertz CT molecular complexity index is 290. The summed E-state index contributed by atoms with van der Waals surface area (Å²) in [5.41, 5.74) is 0. The fourth-order valence-corrected chi connectivity index (χ4v) is 2.35. The van der Waals surface area contributed by atoms with Crippen LogP contribution in [0.3, 0.4) is 0 Å². The van der Waals surface area contributed by atoms with Crippen LogP contribution in [-0.4, -0.2) is 43.4 Å². The zero-order valence-corrected chi connectivity index (χ0v) is 11.5. The highest BCUT2D eigenvalue weighted by Crippen LogP contribution is 2.23. The van der Waals surface area contributed by atoms with Gasteiger partial charge in [0.2, 0.25) is 0 Å². The monoisotopic (exact) mass is 272 g/mol. The van der Waals surface area contributed by atoms with Gasteiger partial charge in [0.15, 0.2) is 0 Å². The number of nitrogens with one attached hydrogen (secondary N) is 2. The van der Waals surface area contributed by atoms with E-state index in [1.165, 1.54) is 12.8 Å². The van der Waals surface area contributed by atoms with Crippen molar-refractivity contribution in [3.63, 3.8) is 0 Å². The fraction of sp³-hybridized carbons (Fsp3) is 0.846. The maximum absolute atomic E-state index is 11.6. The van der Waals surface area contributed by atoms with Gasteiger partial charge in [-0.15, -0.1) is 0 Å². The standard InChI is InChI=1S/C13H24N2O4/c1-19-8-4-7-11(12(16)17)15-13(18)14-9-10-5-2-3-6-10/h10-11H,2-9H2,1H3,(H,16,17)(H2,14,15,18). The number of carboxylic acid groups (broad SMARTS) is 1. The highest BCUT2D eigenvalue weighted by Gasteiger charge is 2.20. The summed E-state index contributed by atoms with van der Waals surface area (Å²) in [6, 6.07) is -1.24. The summed E-state index contributed by atoms with van der Waals surface area (Å²) < 4.78 is 4.87. The SMILES string of the molecule is COCCCC(NC(=O)NCC1CCCC1)C(=O)O. The summed E-state index contributed by atoms with van der Waals surface area (Å²) >= 11 is 0. The number of hydrogen-bond acceptors (Lipinski definition) is 3. The normalized spacial score (nSPS) is 17.1. The number of methoxy groups -OCH3 is 1. The van der Waals surface area contributed by atoms with Crippen LogP contribution in [0, 0.1) is 5.92 Å². The molecule has 0 bridgehead atoms. The molecule has 2 amide bonds. The summed E-state index contributed by atoms with van der Waals surface area (Å²) in [7, 11) is 1.57. The number of rotatable bonds is 8. The van der Waals surface area contributed by atoms with Crippen LogP contribution < -0.4 is 10.6 Å². The highest BCUT2D eigenvalue weighted by molar-refractivity contribution is 5.82. The Balaban J connectivity index is 2.23. The number of carboxylic acids is 1. The van der Waals surface area contributed by atoms with E-state index in [9.17, 15) is 9.59 Å². The number of carbonyl (C=O) groups excluding carboxylic acids is 1. The van der Waals surface area contributed by atoms with Crippen molar-refractivity contribution in [2.45, 2.75) is 44.6 Å². The second-order valence-corrected chi connectivity index (χ2v) is 5.03. The predicted octanol–water partition coefficient (Wildman–Crippen LogP) is 1.36. The van der Waals surface area contributed by atoms with Gasteiger partial charge in [0.25, 0.3) is 0 Å². The lowest BCUT2D eigenvalue weighted by Gasteiger charge is -2.16. The van der Waals surface area contributed by atoms with Crippen LogP contribution in [0.4, 0.5) is 4.79 Å². The lowest BCUT2D eigenvalue weighted by atomic mass is 10.1. The third-order valence-corrected chi connectivity index (χ3v) is 3.47. The molecule has 1 aliphatic rings. The molecule has 0 aromatic rings. The van der Waals surface area contributed by atoms with E-state index in [-0.39, 0.29) is 0 Å². The summed E-state index contributed by atoms with van der Waals surface area (Å²) in [4.78, 5) is 22.6. The molecular weight excluding hydrogens is 248 g/mol. The largest absolute Gasteiger partial charge is 0.480 e. The van der Waals surface area contributed by atoms with E-state index in [0.29, 0.717) is 31.9 Å². The summed E-state index contributed by atoms with van der Waals surface area (Å²) in [6.45, 7) is 1.13. The van der Waals surface area contributed by atoms with Crippen molar-refractivity contribution in [3.8, 4) is 0 Å². The third-order valence-electron chi connectivity index (χ3n) is 3.47. The molecular formula is C13H24N2O4. The fourth-order valence-electron chi connectivity index (χ4n) is 2.35. The molecule has 0 spiro atoms. The van der Waals surface area contributed by atoms with Gasteiger partial charge in [0.1, 0.15) is 6.04 Å². The molecule has 0 saturated heterocycles. The highest BCUT2D eigenvalue weighted by atomic mass is 16.5. The molecule has 1 fully saturated rings. The van der Waals surface area contributed by atoms with Crippen LogP contribution in [0.25, 0.3) is 0 Å². The van der Waals surface area contributed by atoms with Gasteiger partial charge >= 0.3 is 12.0 Å². The van der Waals surface area contributed by atoms with E-state index in [0.717, 1.165) is 12.8 Å². The maximum atomic E-state index is 11.6. The lowest BCUT2D eigenvalue weighted by molar-refractivity contribution is -0.139. The molecule has 1 atom stereocenters. The Morgan fingerprint density at radius 2 is 2.05 bits per heavy atom. The van der Waals surface area contributed by atoms with Gasteiger partial charge in [0.05, 0.1) is 0 Å². The molecule has 0 aromatic heterocycles. The van der Waals surface area contributed by atoms with Gasteiger partial charge in [-0.05, 0) is 31.6 Å². The Kier molecular flexibility index (Phi) is 7.25. The molecule has 1 aliphatic carbocycles. The van der Waals surface area contributed by atoms with E-state index in [1.54, 1.807) is 7.11 Å². The van der Waals surface area contributed by atoms with Crippen molar-refractivity contribution in [3.05, 3.63) is 0 Å². The van der Waals surface area contributed by atoms with Gasteiger partial charge in [-0.25, -0.2) is 9.59 Å². The molecule has 19 heavy (non-hydrogen) atoms. The Morgan fingerprint density at radius 3 is 2.63 bits per heavy atom. The number of urea groups is 1. The molecule has 1 unspecified atom stereocenters. The van der Waals surface area contributed by atoms with Gasteiger partial charge in [-0.3, -0.25) is 0 Å². The van der Waals surface area contributed by atoms with Crippen molar-refractivity contribution in [2.24, 2.45) is 5.92 Å². The minimum absolute atomic E-state index is 0.375. The van der Waals surface area contributed by atoms with Crippen molar-refractivity contribution in [2.75, 3.05) is 20.3 Å². The van der Waals surface area contributed by atoms with E-state index >= 15 is 0 Å². The molecule has 1 saturated carbocycles. The first kappa shape index (κ1) is 15.8. The topological polar surface area (TPSA) is 87.7 Å². The van der Waals surface area contributed by atoms with Crippen molar-refractivity contribution < 1.29 is 19.4 Å². The molecule has 6 heteroatoms. The molecule has 1 rings (SSSR count). The van der Waals surface area contributed by atoms with Crippen LogP contribution in [0.2, 0.25) is 0 Å². The first-order valence-electron chi connectivity index (χ1n) is 6.89. The van der Waals surface area contributed by atoms with E-state index < -0.39 is 18.0 Å². The van der Waals surface area contributed by atoms with E-state index in [1.807, 2.05) is 0 Å². The maximum Gasteiger partial charge on any atom is 0.326 e. The summed E-state index contributed by atoms with van der Waals surface area (Å²) in [5.74, 6) is -0.463. The molecule has 3 N–H and O–H groups in total.